The van der Waals surface area contributed by atoms with Gasteiger partial charge in [0.05, 0.1) is 0 Å². The fraction of sp³-hybridized carbons (Fsp3) is 1.00. The van der Waals surface area contributed by atoms with Crippen LogP contribution in [0.2, 0.25) is 8.87 Å². The Hall–Kier alpha value is 1.11. The molecular weight excluding hydrogens is 527 g/mol. The van der Waals surface area contributed by atoms with Gasteiger partial charge in [0.1, 0.15) is 0 Å². The predicted octanol–water partition coefficient (Wildman–Crippen LogP) is 11.8. The molecule has 0 amide bonds. The molecule has 0 aromatic heterocycles. The van der Waals surface area contributed by atoms with Gasteiger partial charge >= 0.3 is 174 Å². The predicted molar refractivity (Wildman–Crippen MR) is 158 cm³/mol. The van der Waals surface area contributed by atoms with Crippen molar-refractivity contribution in [2.75, 3.05) is 12.4 Å². The van der Waals surface area contributed by atoms with Gasteiger partial charge in [0.15, 0.2) is 0 Å². The van der Waals surface area contributed by atoms with Crippen LogP contribution in [0.25, 0.3) is 0 Å². The van der Waals surface area contributed by atoms with Crippen LogP contribution in [0.15, 0.2) is 0 Å². The van der Waals surface area contributed by atoms with Crippen molar-refractivity contribution >= 4 is 26.4 Å². The van der Waals surface area contributed by atoms with Gasteiger partial charge in [-0.15, -0.1) is 0 Å². The molecule has 0 unspecified atom stereocenters. The number of rotatable bonds is 28. The standard InChI is InChI=1S/C18H38S.C4H9O.2C4H9.Sn/c1-2-3-4-5-6-7-8-9-10-11-12-13-14-15-16-17-18-19;1-2-3-4-5;2*1-3-4-2;/h19H,2-18H2,1H3;2-4H2,1H3;2*1,3-4H2,2H3;/q;-1;;;+2/p-1. The zero-order valence-electron chi connectivity index (χ0n) is 23.7. The summed E-state index contributed by atoms with van der Waals surface area (Å²) in [5.74, 6) is 1.38. The molecular formula is C30H64OSSn. The summed E-state index contributed by atoms with van der Waals surface area (Å²) >= 11 is -2.42. The fourth-order valence-corrected chi connectivity index (χ4v) is 24.0. The molecule has 0 heterocycles. The van der Waals surface area contributed by atoms with Crippen molar-refractivity contribution in [2.45, 2.75) is 178 Å². The molecule has 1 nitrogen and oxygen atoms in total. The maximum absolute atomic E-state index is 6.78. The Morgan fingerprint density at radius 3 is 1.18 bits per heavy atom. The van der Waals surface area contributed by atoms with E-state index in [1.165, 1.54) is 156 Å². The van der Waals surface area contributed by atoms with Crippen molar-refractivity contribution in [2.24, 2.45) is 0 Å². The summed E-state index contributed by atoms with van der Waals surface area (Å²) in [5, 5.41) is 0. The van der Waals surface area contributed by atoms with E-state index in [1.807, 2.05) is 0 Å². The second kappa shape index (κ2) is 27.7. The summed E-state index contributed by atoms with van der Waals surface area (Å²) in [7, 11) is 2.37. The molecule has 0 radical (unpaired) electrons. The molecule has 0 atom stereocenters. The first-order chi connectivity index (χ1) is 16.2. The van der Waals surface area contributed by atoms with E-state index in [0.717, 1.165) is 6.61 Å². The Morgan fingerprint density at radius 2 is 0.788 bits per heavy atom. The van der Waals surface area contributed by atoms with Crippen LogP contribution in [0.3, 0.4) is 0 Å². The molecule has 0 saturated heterocycles. The third-order valence-corrected chi connectivity index (χ3v) is 26.3. The number of hydrogen-bond acceptors (Lipinski definition) is 2. The Kier molecular flexibility index (Phi) is 28.6. The average molecular weight is 592 g/mol. The van der Waals surface area contributed by atoms with Crippen LogP contribution in [0.1, 0.15) is 169 Å². The van der Waals surface area contributed by atoms with E-state index in [9.17, 15) is 0 Å². The van der Waals surface area contributed by atoms with E-state index < -0.39 is 17.4 Å². The van der Waals surface area contributed by atoms with Crippen molar-refractivity contribution in [3.05, 3.63) is 0 Å². The number of hydrogen-bond donors (Lipinski definition) is 0. The molecule has 3 heteroatoms. The summed E-state index contributed by atoms with van der Waals surface area (Å²) < 4.78 is 9.69. The summed E-state index contributed by atoms with van der Waals surface area (Å²) in [6.45, 7) is 10.3. The van der Waals surface area contributed by atoms with Crippen LogP contribution < -0.4 is 0 Å². The van der Waals surface area contributed by atoms with Crippen LogP contribution in [0, 0.1) is 0 Å². The Bertz CT molecular complexity index is 355. The van der Waals surface area contributed by atoms with Crippen LogP contribution >= 0.6 is 8.95 Å². The van der Waals surface area contributed by atoms with E-state index in [2.05, 4.69) is 36.6 Å². The molecule has 0 aromatic rings. The van der Waals surface area contributed by atoms with E-state index in [1.54, 1.807) is 0 Å². The Labute approximate surface area is 218 Å². The van der Waals surface area contributed by atoms with E-state index >= 15 is 0 Å². The summed E-state index contributed by atoms with van der Waals surface area (Å²) in [4.78, 5) is 0. The molecule has 200 valence electrons. The molecule has 0 saturated carbocycles. The molecule has 0 aromatic carbocycles. The number of unbranched alkanes of at least 4 members (excludes halogenated alkanes) is 18. The monoisotopic (exact) mass is 592 g/mol. The van der Waals surface area contributed by atoms with Gasteiger partial charge < -0.3 is 0 Å². The fourth-order valence-electron chi connectivity index (χ4n) is 4.66. The van der Waals surface area contributed by atoms with Gasteiger partial charge in [-0.3, -0.25) is 0 Å². The van der Waals surface area contributed by atoms with Crippen molar-refractivity contribution < 1.29 is 3.07 Å². The third-order valence-electron chi connectivity index (χ3n) is 7.05. The van der Waals surface area contributed by atoms with E-state index in [-0.39, 0.29) is 0 Å². The molecule has 33 heavy (non-hydrogen) atoms. The zero-order valence-corrected chi connectivity index (χ0v) is 27.4. The maximum atomic E-state index is 6.78. The molecule has 0 N–H and O–H groups in total. The van der Waals surface area contributed by atoms with Gasteiger partial charge in [-0.1, -0.05) is 45.4 Å². The van der Waals surface area contributed by atoms with Crippen LogP contribution in [-0.4, -0.2) is 29.8 Å². The molecule has 0 aliphatic rings. The van der Waals surface area contributed by atoms with E-state index in [0.29, 0.717) is 0 Å². The Balaban J connectivity index is 3.74. The first kappa shape index (κ1) is 34.1. The minimum absolute atomic E-state index is 1.05. The van der Waals surface area contributed by atoms with Crippen LogP contribution in [0.5, 0.6) is 0 Å². The Morgan fingerprint density at radius 1 is 0.424 bits per heavy atom. The van der Waals surface area contributed by atoms with Gasteiger partial charge in [0, 0.05) is 0 Å². The normalized spacial score (nSPS) is 12.0. The summed E-state index contributed by atoms with van der Waals surface area (Å²) in [6.07, 6.45) is 31.4. The SMILES string of the molecule is CCCCCCCCCCCCCCCCCC[S][Sn]([CH2]CCC)([CH2]CCC)[O]CCCC. The van der Waals surface area contributed by atoms with Crippen molar-refractivity contribution in [3.63, 3.8) is 0 Å². The molecule has 0 aliphatic heterocycles. The van der Waals surface area contributed by atoms with Gasteiger partial charge in [-0.25, -0.2) is 0 Å². The van der Waals surface area contributed by atoms with Crippen molar-refractivity contribution in [1.29, 1.82) is 0 Å². The van der Waals surface area contributed by atoms with Crippen molar-refractivity contribution in [1.82, 2.24) is 0 Å². The summed E-state index contributed by atoms with van der Waals surface area (Å²) in [6, 6.07) is 0. The minimum atomic E-state index is -2.42. The van der Waals surface area contributed by atoms with Gasteiger partial charge in [-0.2, -0.15) is 0 Å². The second-order valence-electron chi connectivity index (χ2n) is 10.5. The topological polar surface area (TPSA) is 9.23 Å². The van der Waals surface area contributed by atoms with Gasteiger partial charge in [-0.05, 0) is 0 Å². The quantitative estimate of drug-likeness (QED) is 0.0661. The van der Waals surface area contributed by atoms with Gasteiger partial charge in [0.25, 0.3) is 0 Å². The molecule has 0 aliphatic carbocycles. The van der Waals surface area contributed by atoms with Crippen LogP contribution in [0.4, 0.5) is 0 Å². The third kappa shape index (κ3) is 23.3. The van der Waals surface area contributed by atoms with E-state index in [4.69, 9.17) is 3.07 Å². The molecule has 0 bridgehead atoms. The van der Waals surface area contributed by atoms with Gasteiger partial charge in [0.2, 0.25) is 0 Å². The van der Waals surface area contributed by atoms with Crippen LogP contribution in [-0.2, 0) is 3.07 Å². The first-order valence-corrected chi connectivity index (χ1v) is 25.2. The molecule has 0 spiro atoms. The average Bonchev–Trinajstić information content (AvgIpc) is 2.83. The first-order valence-electron chi connectivity index (χ1n) is 15.5. The second-order valence-corrected chi connectivity index (χ2v) is 27.5. The molecule has 0 fully saturated rings. The molecule has 0 rings (SSSR count). The zero-order chi connectivity index (χ0) is 24.3. The van der Waals surface area contributed by atoms with Crippen molar-refractivity contribution in [3.8, 4) is 0 Å². The summed E-state index contributed by atoms with van der Waals surface area (Å²) in [5.41, 5.74) is 0.